The second-order valence-corrected chi connectivity index (χ2v) is 6.93. The molecule has 28 heavy (non-hydrogen) atoms. The number of carbonyl (C=O) groups excluding carboxylic acids is 3. The van der Waals surface area contributed by atoms with Crippen LogP contribution >= 0.6 is 22.9 Å². The zero-order valence-electron chi connectivity index (χ0n) is 14.6. The van der Waals surface area contributed by atoms with E-state index >= 15 is 0 Å². The van der Waals surface area contributed by atoms with Gasteiger partial charge in [0.1, 0.15) is 11.4 Å². The lowest BCUT2D eigenvalue weighted by atomic mass is 10.3. The number of halogens is 1. The second-order valence-electron chi connectivity index (χ2n) is 5.66. The average molecular weight is 425 g/mol. The van der Waals surface area contributed by atoms with Crippen LogP contribution in [0.15, 0.2) is 23.7 Å². The number of morpholine rings is 1. The van der Waals surface area contributed by atoms with E-state index in [1.807, 2.05) is 4.90 Å². The first-order chi connectivity index (χ1) is 13.5. The first kappa shape index (κ1) is 20.0. The predicted octanol–water partition coefficient (Wildman–Crippen LogP) is 0.219. The summed E-state index contributed by atoms with van der Waals surface area (Å²) in [5, 5.41) is 5.07. The van der Waals surface area contributed by atoms with Crippen LogP contribution in [0.25, 0.3) is 0 Å². The molecular formula is C16H17ClN6O4S. The summed E-state index contributed by atoms with van der Waals surface area (Å²) in [5.74, 6) is -1.71. The van der Waals surface area contributed by atoms with Gasteiger partial charge in [0.05, 0.1) is 19.8 Å². The van der Waals surface area contributed by atoms with Crippen molar-refractivity contribution in [2.24, 2.45) is 0 Å². The van der Waals surface area contributed by atoms with Crippen molar-refractivity contribution in [2.45, 2.75) is 0 Å². The van der Waals surface area contributed by atoms with Crippen molar-refractivity contribution < 1.29 is 19.1 Å². The molecule has 1 aliphatic rings. The number of hydrazine groups is 1. The van der Waals surface area contributed by atoms with Gasteiger partial charge in [0.2, 0.25) is 0 Å². The minimum absolute atomic E-state index is 0.0856. The van der Waals surface area contributed by atoms with Crippen molar-refractivity contribution >= 4 is 45.8 Å². The smallest absolute Gasteiger partial charge is 0.289 e. The number of ether oxygens (including phenoxy) is 1. The Bertz CT molecular complexity index is 870. The molecular weight excluding hydrogens is 408 g/mol. The summed E-state index contributed by atoms with van der Waals surface area (Å²) in [6.45, 7) is 2.32. The molecule has 3 heterocycles. The number of aromatic nitrogens is 2. The molecule has 0 radical (unpaired) electrons. The quantitative estimate of drug-likeness (QED) is 0.586. The standard InChI is InChI=1S/C16H17ClN6O4S/c17-10-1-2-18-11(7-10)14(25)19-8-13(24)21-22-15(26)12-9-28-16(20-12)23-3-5-27-6-4-23/h1-2,7,9H,3-6,8H2,(H,19,25)(H,21,24)(H,22,26). The zero-order valence-corrected chi connectivity index (χ0v) is 16.2. The Balaban J connectivity index is 1.43. The molecule has 0 aromatic carbocycles. The Hall–Kier alpha value is -2.76. The van der Waals surface area contributed by atoms with E-state index in [-0.39, 0.29) is 17.9 Å². The number of hydrogen-bond acceptors (Lipinski definition) is 8. The van der Waals surface area contributed by atoms with Crippen molar-refractivity contribution in [3.8, 4) is 0 Å². The minimum Gasteiger partial charge on any atom is -0.378 e. The molecule has 148 valence electrons. The fourth-order valence-corrected chi connectivity index (χ4v) is 3.30. The third kappa shape index (κ3) is 5.38. The maximum Gasteiger partial charge on any atom is 0.289 e. The molecule has 10 nitrogen and oxygen atoms in total. The van der Waals surface area contributed by atoms with Crippen LogP contribution in [0.5, 0.6) is 0 Å². The van der Waals surface area contributed by atoms with Crippen molar-refractivity contribution in [1.29, 1.82) is 0 Å². The van der Waals surface area contributed by atoms with Gasteiger partial charge in [0.15, 0.2) is 5.13 Å². The van der Waals surface area contributed by atoms with Gasteiger partial charge < -0.3 is 15.0 Å². The van der Waals surface area contributed by atoms with Gasteiger partial charge in [-0.3, -0.25) is 30.2 Å². The first-order valence-corrected chi connectivity index (χ1v) is 9.56. The fraction of sp³-hybridized carbons (Fsp3) is 0.312. The number of rotatable bonds is 5. The second kappa shape index (κ2) is 9.44. The SMILES string of the molecule is O=C(CNC(=O)c1cc(Cl)ccn1)NNC(=O)c1csc(N2CCOCC2)n1. The van der Waals surface area contributed by atoms with Crippen LogP contribution in [0.1, 0.15) is 21.0 Å². The summed E-state index contributed by atoms with van der Waals surface area (Å²) in [6.07, 6.45) is 1.39. The van der Waals surface area contributed by atoms with E-state index in [0.717, 1.165) is 5.13 Å². The van der Waals surface area contributed by atoms with Crippen molar-refractivity contribution in [3.05, 3.63) is 40.1 Å². The molecule has 0 atom stereocenters. The predicted molar refractivity (Wildman–Crippen MR) is 102 cm³/mol. The molecule has 12 heteroatoms. The van der Waals surface area contributed by atoms with Crippen LogP contribution in [-0.4, -0.2) is 60.5 Å². The van der Waals surface area contributed by atoms with E-state index in [1.54, 1.807) is 5.38 Å². The van der Waals surface area contributed by atoms with Gasteiger partial charge in [-0.2, -0.15) is 0 Å². The number of nitrogens with zero attached hydrogens (tertiary/aromatic N) is 3. The Morgan fingerprint density at radius 3 is 2.71 bits per heavy atom. The number of carbonyl (C=O) groups is 3. The van der Waals surface area contributed by atoms with Crippen molar-refractivity contribution in [2.75, 3.05) is 37.7 Å². The third-order valence-electron chi connectivity index (χ3n) is 3.69. The summed E-state index contributed by atoms with van der Waals surface area (Å²) < 4.78 is 5.28. The van der Waals surface area contributed by atoms with Crippen LogP contribution in [0.3, 0.4) is 0 Å². The summed E-state index contributed by atoms with van der Waals surface area (Å²) >= 11 is 7.13. The minimum atomic E-state index is -0.604. The average Bonchev–Trinajstić information content (AvgIpc) is 3.21. The third-order valence-corrected chi connectivity index (χ3v) is 4.82. The number of hydrogen-bond donors (Lipinski definition) is 3. The molecule has 0 bridgehead atoms. The maximum absolute atomic E-state index is 12.1. The lowest BCUT2D eigenvalue weighted by Crippen LogP contribution is -2.46. The molecule has 1 saturated heterocycles. The van der Waals surface area contributed by atoms with E-state index < -0.39 is 17.7 Å². The number of amides is 3. The highest BCUT2D eigenvalue weighted by Crippen LogP contribution is 2.21. The molecule has 3 N–H and O–H groups in total. The van der Waals surface area contributed by atoms with Crippen molar-refractivity contribution in [1.82, 2.24) is 26.1 Å². The molecule has 3 amide bonds. The van der Waals surface area contributed by atoms with Gasteiger partial charge in [0, 0.05) is 29.7 Å². The lowest BCUT2D eigenvalue weighted by Gasteiger charge is -2.25. The Morgan fingerprint density at radius 2 is 1.96 bits per heavy atom. The zero-order chi connectivity index (χ0) is 19.9. The van der Waals surface area contributed by atoms with Gasteiger partial charge in [-0.05, 0) is 12.1 Å². The van der Waals surface area contributed by atoms with Gasteiger partial charge in [-0.1, -0.05) is 11.6 Å². The number of thiazole rings is 1. The van der Waals surface area contributed by atoms with E-state index in [2.05, 4.69) is 26.1 Å². The van der Waals surface area contributed by atoms with Crippen LogP contribution in [0.2, 0.25) is 5.02 Å². The van der Waals surface area contributed by atoms with Gasteiger partial charge in [-0.25, -0.2) is 4.98 Å². The van der Waals surface area contributed by atoms with Crippen molar-refractivity contribution in [3.63, 3.8) is 0 Å². The van der Waals surface area contributed by atoms with Crippen LogP contribution in [0, 0.1) is 0 Å². The van der Waals surface area contributed by atoms with E-state index in [1.165, 1.54) is 29.7 Å². The fourth-order valence-electron chi connectivity index (χ4n) is 2.28. The topological polar surface area (TPSA) is 126 Å². The molecule has 0 saturated carbocycles. The Morgan fingerprint density at radius 1 is 1.18 bits per heavy atom. The highest BCUT2D eigenvalue weighted by molar-refractivity contribution is 7.13. The maximum atomic E-state index is 12.1. The number of nitrogens with one attached hydrogen (secondary N) is 3. The van der Waals surface area contributed by atoms with Crippen LogP contribution < -0.4 is 21.1 Å². The number of anilines is 1. The monoisotopic (exact) mass is 424 g/mol. The van der Waals surface area contributed by atoms with Crippen LogP contribution in [0.4, 0.5) is 5.13 Å². The van der Waals surface area contributed by atoms with Crippen LogP contribution in [-0.2, 0) is 9.53 Å². The van der Waals surface area contributed by atoms with E-state index in [4.69, 9.17) is 16.3 Å². The molecule has 0 spiro atoms. The molecule has 2 aromatic rings. The summed E-state index contributed by atoms with van der Waals surface area (Å²) in [7, 11) is 0. The Labute approximate surface area is 169 Å². The normalized spacial score (nSPS) is 13.7. The van der Waals surface area contributed by atoms with Gasteiger partial charge >= 0.3 is 0 Å². The molecule has 0 unspecified atom stereocenters. The Kier molecular flexibility index (Phi) is 6.74. The highest BCUT2D eigenvalue weighted by atomic mass is 35.5. The molecule has 1 aliphatic heterocycles. The van der Waals surface area contributed by atoms with Gasteiger partial charge in [0.25, 0.3) is 17.7 Å². The molecule has 2 aromatic heterocycles. The first-order valence-electron chi connectivity index (χ1n) is 8.30. The molecule has 0 aliphatic carbocycles. The summed E-state index contributed by atoms with van der Waals surface area (Å²) in [6, 6.07) is 2.91. The summed E-state index contributed by atoms with van der Waals surface area (Å²) in [5.41, 5.74) is 4.76. The van der Waals surface area contributed by atoms with Gasteiger partial charge in [-0.15, -0.1) is 11.3 Å². The summed E-state index contributed by atoms with van der Waals surface area (Å²) in [4.78, 5) is 46.0. The highest BCUT2D eigenvalue weighted by Gasteiger charge is 2.18. The molecule has 3 rings (SSSR count). The lowest BCUT2D eigenvalue weighted by molar-refractivity contribution is -0.120. The largest absolute Gasteiger partial charge is 0.378 e. The van der Waals surface area contributed by atoms with E-state index in [9.17, 15) is 14.4 Å². The molecule has 1 fully saturated rings. The van der Waals surface area contributed by atoms with E-state index in [0.29, 0.717) is 31.3 Å². The number of pyridine rings is 1.